The Bertz CT molecular complexity index is 160. The molecule has 1 fully saturated rings. The van der Waals surface area contributed by atoms with E-state index in [0.717, 1.165) is 25.7 Å². The van der Waals surface area contributed by atoms with E-state index in [1.807, 2.05) is 20.8 Å². The molecule has 3 atom stereocenters. The third kappa shape index (κ3) is 2.68. The van der Waals surface area contributed by atoms with Crippen LogP contribution in [0.1, 0.15) is 46.5 Å². The van der Waals surface area contributed by atoms with Crippen molar-refractivity contribution in [2.24, 2.45) is 11.3 Å². The smallest absolute Gasteiger partial charge is 0.0641 e. The van der Waals surface area contributed by atoms with Gasteiger partial charge in [0, 0.05) is 5.92 Å². The molecule has 0 spiro atoms. The molecule has 2 nitrogen and oxygen atoms in total. The van der Waals surface area contributed by atoms with Gasteiger partial charge in [-0.1, -0.05) is 33.6 Å². The van der Waals surface area contributed by atoms with Gasteiger partial charge in [0.2, 0.25) is 0 Å². The van der Waals surface area contributed by atoms with Gasteiger partial charge in [0.05, 0.1) is 12.2 Å². The molecule has 0 bridgehead atoms. The predicted octanol–water partition coefficient (Wildman–Crippen LogP) is 1.94. The van der Waals surface area contributed by atoms with Gasteiger partial charge in [-0.3, -0.25) is 0 Å². The van der Waals surface area contributed by atoms with Gasteiger partial charge in [-0.2, -0.15) is 0 Å². The highest BCUT2D eigenvalue weighted by Crippen LogP contribution is 2.34. The van der Waals surface area contributed by atoms with Crippen molar-refractivity contribution in [3.8, 4) is 0 Å². The zero-order valence-corrected chi connectivity index (χ0v) is 8.95. The summed E-state index contributed by atoms with van der Waals surface area (Å²) >= 11 is 0. The first kappa shape index (κ1) is 11.0. The van der Waals surface area contributed by atoms with Crippen molar-refractivity contribution in [2.45, 2.75) is 58.7 Å². The Morgan fingerprint density at radius 3 is 2.15 bits per heavy atom. The first-order valence-electron chi connectivity index (χ1n) is 5.29. The number of rotatable bonds is 1. The highest BCUT2D eigenvalue weighted by Gasteiger charge is 2.35. The Hall–Kier alpha value is -0.0800. The van der Waals surface area contributed by atoms with E-state index in [2.05, 4.69) is 0 Å². The Labute approximate surface area is 81.0 Å². The van der Waals surface area contributed by atoms with Gasteiger partial charge in [-0.05, 0) is 18.3 Å². The van der Waals surface area contributed by atoms with Crippen LogP contribution < -0.4 is 0 Å². The minimum Gasteiger partial charge on any atom is -0.393 e. The molecule has 1 rings (SSSR count). The van der Waals surface area contributed by atoms with Crippen LogP contribution in [0.15, 0.2) is 0 Å². The summed E-state index contributed by atoms with van der Waals surface area (Å²) in [5, 5.41) is 19.8. The summed E-state index contributed by atoms with van der Waals surface area (Å²) in [7, 11) is 0. The van der Waals surface area contributed by atoms with Gasteiger partial charge in [0.15, 0.2) is 0 Å². The molecule has 0 heterocycles. The second kappa shape index (κ2) is 3.97. The molecule has 78 valence electrons. The van der Waals surface area contributed by atoms with Crippen molar-refractivity contribution in [3.63, 3.8) is 0 Å². The molecule has 3 unspecified atom stereocenters. The first-order valence-corrected chi connectivity index (χ1v) is 5.29. The lowest BCUT2D eigenvalue weighted by molar-refractivity contribution is -0.0603. The predicted molar refractivity (Wildman–Crippen MR) is 53.4 cm³/mol. The van der Waals surface area contributed by atoms with Gasteiger partial charge in [-0.25, -0.2) is 0 Å². The van der Waals surface area contributed by atoms with Crippen LogP contribution in [0, 0.1) is 11.3 Å². The summed E-state index contributed by atoms with van der Waals surface area (Å²) < 4.78 is 0. The Balaban J connectivity index is 2.58. The normalized spacial score (nSPS) is 33.0. The summed E-state index contributed by atoms with van der Waals surface area (Å²) in [6.07, 6.45) is 3.42. The van der Waals surface area contributed by atoms with E-state index < -0.39 is 0 Å². The fourth-order valence-electron chi connectivity index (χ4n) is 2.15. The van der Waals surface area contributed by atoms with E-state index in [1.54, 1.807) is 0 Å². The minimum atomic E-state index is -0.372. The minimum absolute atomic E-state index is 0.0914. The molecule has 0 aliphatic heterocycles. The average molecular weight is 186 g/mol. The van der Waals surface area contributed by atoms with Crippen molar-refractivity contribution in [1.82, 2.24) is 0 Å². The van der Waals surface area contributed by atoms with Gasteiger partial charge in [-0.15, -0.1) is 0 Å². The monoisotopic (exact) mass is 186 g/mol. The molecular weight excluding hydrogens is 164 g/mol. The van der Waals surface area contributed by atoms with Crippen LogP contribution in [-0.4, -0.2) is 22.4 Å². The number of hydrogen-bond donors (Lipinski definition) is 2. The van der Waals surface area contributed by atoms with Crippen molar-refractivity contribution in [2.75, 3.05) is 0 Å². The molecule has 2 heteroatoms. The first-order chi connectivity index (χ1) is 5.93. The number of aliphatic hydroxyl groups excluding tert-OH is 2. The molecule has 0 radical (unpaired) electrons. The molecule has 2 N–H and O–H groups in total. The van der Waals surface area contributed by atoms with Gasteiger partial charge in [0.25, 0.3) is 0 Å². The lowest BCUT2D eigenvalue weighted by Gasteiger charge is -2.38. The molecule has 13 heavy (non-hydrogen) atoms. The van der Waals surface area contributed by atoms with Gasteiger partial charge >= 0.3 is 0 Å². The van der Waals surface area contributed by atoms with Gasteiger partial charge in [0.1, 0.15) is 0 Å². The molecule has 0 amide bonds. The largest absolute Gasteiger partial charge is 0.393 e. The zero-order chi connectivity index (χ0) is 10.1. The van der Waals surface area contributed by atoms with E-state index in [9.17, 15) is 10.2 Å². The third-order valence-electron chi connectivity index (χ3n) is 3.07. The zero-order valence-electron chi connectivity index (χ0n) is 8.95. The van der Waals surface area contributed by atoms with Crippen LogP contribution in [0.3, 0.4) is 0 Å². The van der Waals surface area contributed by atoms with E-state index >= 15 is 0 Å². The summed E-state index contributed by atoms with van der Waals surface area (Å²) in [6, 6.07) is 0. The Morgan fingerprint density at radius 2 is 1.69 bits per heavy atom. The fraction of sp³-hybridized carbons (Fsp3) is 1.00. The lowest BCUT2D eigenvalue weighted by atomic mass is 9.73. The number of aliphatic hydroxyl groups is 2. The SMILES string of the molecule is CC(C)(C)C(O)C1CCCCC1O. The third-order valence-corrected chi connectivity index (χ3v) is 3.07. The van der Waals surface area contributed by atoms with Crippen LogP contribution in [0.4, 0.5) is 0 Å². The summed E-state index contributed by atoms with van der Waals surface area (Å²) in [4.78, 5) is 0. The van der Waals surface area contributed by atoms with E-state index in [4.69, 9.17) is 0 Å². The molecule has 0 saturated heterocycles. The number of hydrogen-bond acceptors (Lipinski definition) is 2. The van der Waals surface area contributed by atoms with E-state index in [-0.39, 0.29) is 23.5 Å². The van der Waals surface area contributed by atoms with E-state index in [1.165, 1.54) is 0 Å². The summed E-state index contributed by atoms with van der Waals surface area (Å²) in [6.45, 7) is 6.08. The fourth-order valence-corrected chi connectivity index (χ4v) is 2.15. The lowest BCUT2D eigenvalue weighted by Crippen LogP contribution is -2.41. The van der Waals surface area contributed by atoms with Crippen molar-refractivity contribution in [3.05, 3.63) is 0 Å². The topological polar surface area (TPSA) is 40.5 Å². The maximum Gasteiger partial charge on any atom is 0.0641 e. The summed E-state index contributed by atoms with van der Waals surface area (Å²) in [5.41, 5.74) is -0.108. The molecule has 0 aromatic heterocycles. The maximum absolute atomic E-state index is 10.0. The molecule has 0 aromatic carbocycles. The quantitative estimate of drug-likeness (QED) is 0.657. The van der Waals surface area contributed by atoms with Crippen molar-refractivity contribution >= 4 is 0 Å². The van der Waals surface area contributed by atoms with Crippen molar-refractivity contribution in [1.29, 1.82) is 0 Å². The van der Waals surface area contributed by atoms with Crippen LogP contribution in [0.5, 0.6) is 0 Å². The van der Waals surface area contributed by atoms with Crippen LogP contribution in [-0.2, 0) is 0 Å². The van der Waals surface area contributed by atoms with Crippen LogP contribution in [0.2, 0.25) is 0 Å². The second-order valence-corrected chi connectivity index (χ2v) is 5.33. The Morgan fingerprint density at radius 1 is 1.15 bits per heavy atom. The molecule has 1 aliphatic carbocycles. The summed E-state index contributed by atoms with van der Waals surface area (Å²) in [5.74, 6) is 0.0914. The average Bonchev–Trinajstić information content (AvgIpc) is 2.02. The van der Waals surface area contributed by atoms with Gasteiger partial charge < -0.3 is 10.2 Å². The van der Waals surface area contributed by atoms with E-state index in [0.29, 0.717) is 0 Å². The highest BCUT2D eigenvalue weighted by molar-refractivity contribution is 4.86. The molecule has 0 aromatic rings. The van der Waals surface area contributed by atoms with Crippen molar-refractivity contribution < 1.29 is 10.2 Å². The maximum atomic E-state index is 10.0. The van der Waals surface area contributed by atoms with Crippen LogP contribution >= 0.6 is 0 Å². The molecular formula is C11H22O2. The van der Waals surface area contributed by atoms with Crippen LogP contribution in [0.25, 0.3) is 0 Å². The highest BCUT2D eigenvalue weighted by atomic mass is 16.3. The molecule has 1 saturated carbocycles. The Kier molecular flexibility index (Phi) is 3.36. The molecule has 1 aliphatic rings. The standard InChI is InChI=1S/C11H22O2/c1-11(2,3)10(13)8-6-4-5-7-9(8)12/h8-10,12-13H,4-7H2,1-3H3. The second-order valence-electron chi connectivity index (χ2n) is 5.33.